The van der Waals surface area contributed by atoms with Gasteiger partial charge in [-0.2, -0.15) is 0 Å². The Morgan fingerprint density at radius 2 is 1.82 bits per heavy atom. The van der Waals surface area contributed by atoms with Gasteiger partial charge in [0.05, 0.1) is 24.9 Å². The van der Waals surface area contributed by atoms with Crippen LogP contribution in [0.15, 0.2) is 41.8 Å². The number of carbonyl (C=O) groups is 4. The molecule has 1 saturated heterocycles. The molecule has 0 radical (unpaired) electrons. The topological polar surface area (TPSA) is 181 Å². The lowest BCUT2D eigenvalue weighted by molar-refractivity contribution is -0.145. The number of rotatable bonds is 9. The third kappa shape index (κ3) is 8.57. The van der Waals surface area contributed by atoms with E-state index in [4.69, 9.17) is 24.2 Å². The molecule has 56 heavy (non-hydrogen) atoms. The number of methoxy groups -OCH3 is 1. The maximum Gasteiger partial charge on any atom is 0.408 e. The Bertz CT molecular complexity index is 2000. The predicted molar refractivity (Wildman–Crippen MR) is 212 cm³/mol. The maximum absolute atomic E-state index is 14.7. The number of nitrogens with zero attached hydrogens (tertiary/aromatic N) is 3. The number of benzene rings is 1. The van der Waals surface area contributed by atoms with Gasteiger partial charge in [0.1, 0.15) is 46.5 Å². The van der Waals surface area contributed by atoms with Crippen LogP contribution >= 0.6 is 11.3 Å². The van der Waals surface area contributed by atoms with Crippen molar-refractivity contribution in [3.63, 3.8) is 0 Å². The Morgan fingerprint density at radius 3 is 2.57 bits per heavy atom. The number of aliphatic carboxylic acids is 1. The summed E-state index contributed by atoms with van der Waals surface area (Å²) in [5.41, 5.74) is -0.751. The molecule has 4 N–H and O–H groups in total. The zero-order chi connectivity index (χ0) is 39.6. The molecule has 2 saturated carbocycles. The van der Waals surface area contributed by atoms with Crippen LogP contribution in [0.3, 0.4) is 0 Å². The van der Waals surface area contributed by atoms with Crippen LogP contribution in [0.5, 0.6) is 11.5 Å². The summed E-state index contributed by atoms with van der Waals surface area (Å²) in [5.74, 6) is -1.41. The van der Waals surface area contributed by atoms with Gasteiger partial charge in [-0.1, -0.05) is 25.0 Å². The average molecular weight is 789 g/mol. The molecule has 0 bridgehead atoms. The van der Waals surface area contributed by atoms with Gasteiger partial charge in [0, 0.05) is 41.3 Å². The summed E-state index contributed by atoms with van der Waals surface area (Å²) in [6.07, 6.45) is 10.3. The van der Waals surface area contributed by atoms with E-state index in [0.717, 1.165) is 50.1 Å². The van der Waals surface area contributed by atoms with Crippen molar-refractivity contribution < 1.29 is 38.5 Å². The number of nitrogens with one attached hydrogen (secondary N) is 3. The van der Waals surface area contributed by atoms with Gasteiger partial charge in [0.15, 0.2) is 5.13 Å². The number of alkyl carbamates (subject to hydrolysis) is 1. The van der Waals surface area contributed by atoms with Gasteiger partial charge in [-0.05, 0) is 84.3 Å². The number of thiazole rings is 1. The number of aromatic nitrogens is 2. The molecule has 3 fully saturated rings. The minimum absolute atomic E-state index is 0.00234. The largest absolute Gasteiger partial charge is 0.497 e. The van der Waals surface area contributed by atoms with E-state index >= 15 is 0 Å². The Kier molecular flexibility index (Phi) is 11.4. The fraction of sp³-hybridized carbons (Fsp3) is 0.561. The lowest BCUT2D eigenvalue weighted by atomic mass is 10.0. The summed E-state index contributed by atoms with van der Waals surface area (Å²) in [5, 5.41) is 22.7. The van der Waals surface area contributed by atoms with Gasteiger partial charge in [0.2, 0.25) is 11.8 Å². The Balaban J connectivity index is 1.23. The SMILES string of the molecule is COc1ccc2c(O[C@]3(C)C[C@H]4C(=O)N[C@]5(C(=O)O)C[C@H]5/C=C\CCCCC[C@H](NC(=O)OC5CCCC5)C(=O)N4C3)cc(-c3csc(NC(C)C)n3)nc2c1. The highest BCUT2D eigenvalue weighted by molar-refractivity contribution is 7.14. The standard InChI is InChI=1S/C41H52N6O8S/c1-24(2)42-38-44-32(22-56-38)31-19-34(28-17-16-27(53-4)18-30(28)43-31)55-40(3)21-33-35(48)46-41(37(50)51)20-25(41)12-8-6-5-7-9-15-29(36(49)47(33)23-40)45-39(52)54-26-13-10-11-14-26/h8,12,16-19,22,24-26,29,33H,5-7,9-11,13-15,20-21,23H2,1-4H3,(H,42,44)(H,45,52)(H,46,48)(H,50,51)/b12-8-/t25-,29+,33+,40-,41-/m1/s1. The maximum atomic E-state index is 14.7. The monoisotopic (exact) mass is 788 g/mol. The van der Waals surface area contributed by atoms with Crippen molar-refractivity contribution in [3.8, 4) is 22.9 Å². The first-order valence-corrected chi connectivity index (χ1v) is 20.6. The highest BCUT2D eigenvalue weighted by atomic mass is 32.1. The minimum Gasteiger partial charge on any atom is -0.497 e. The van der Waals surface area contributed by atoms with Crippen LogP contribution in [-0.4, -0.2) is 92.9 Å². The van der Waals surface area contributed by atoms with E-state index in [1.807, 2.05) is 62.6 Å². The predicted octanol–water partition coefficient (Wildman–Crippen LogP) is 6.44. The molecule has 2 aliphatic heterocycles. The minimum atomic E-state index is -1.46. The first-order valence-electron chi connectivity index (χ1n) is 19.8. The van der Waals surface area contributed by atoms with Crippen LogP contribution < -0.4 is 25.4 Å². The molecule has 0 unspecified atom stereocenters. The van der Waals surface area contributed by atoms with E-state index in [9.17, 15) is 24.3 Å². The van der Waals surface area contributed by atoms with Gasteiger partial charge < -0.3 is 40.2 Å². The second-order valence-electron chi connectivity index (χ2n) is 16.1. The molecule has 4 aliphatic rings. The average Bonchev–Trinajstić information content (AvgIpc) is 3.53. The first-order chi connectivity index (χ1) is 26.9. The van der Waals surface area contributed by atoms with E-state index in [1.54, 1.807) is 7.11 Å². The van der Waals surface area contributed by atoms with Crippen LogP contribution in [0, 0.1) is 5.92 Å². The fourth-order valence-corrected chi connectivity index (χ4v) is 9.04. The van der Waals surface area contributed by atoms with Crippen LogP contribution in [-0.2, 0) is 19.1 Å². The molecule has 3 amide bonds. The number of carboxylic acid groups (broad SMARTS) is 1. The van der Waals surface area contributed by atoms with Crippen molar-refractivity contribution in [2.45, 2.75) is 127 Å². The van der Waals surface area contributed by atoms with Gasteiger partial charge in [-0.3, -0.25) is 9.59 Å². The molecule has 5 atom stereocenters. The first kappa shape index (κ1) is 39.3. The molecule has 0 spiro atoms. The van der Waals surface area contributed by atoms with Crippen molar-refractivity contribution >= 4 is 51.2 Å². The Hall–Kier alpha value is -4.92. The zero-order valence-corrected chi connectivity index (χ0v) is 33.3. The molecule has 7 rings (SSSR count). The highest BCUT2D eigenvalue weighted by Crippen LogP contribution is 2.46. The third-order valence-corrected chi connectivity index (χ3v) is 12.0. The number of allylic oxidation sites excluding steroid dienone is 1. The molecular weight excluding hydrogens is 737 g/mol. The number of carbonyl (C=O) groups excluding carboxylic acids is 3. The van der Waals surface area contributed by atoms with Crippen molar-refractivity contribution in [2.24, 2.45) is 5.92 Å². The van der Waals surface area contributed by atoms with Crippen LogP contribution in [0.1, 0.15) is 91.4 Å². The van der Waals surface area contributed by atoms with Crippen LogP contribution in [0.25, 0.3) is 22.3 Å². The quantitative estimate of drug-likeness (QED) is 0.175. The highest BCUT2D eigenvalue weighted by Gasteiger charge is 2.62. The molecular formula is C41H52N6O8S. The summed E-state index contributed by atoms with van der Waals surface area (Å²) >= 11 is 1.47. The second kappa shape index (κ2) is 16.3. The second-order valence-corrected chi connectivity index (χ2v) is 17.0. The van der Waals surface area contributed by atoms with E-state index in [-0.39, 0.29) is 37.5 Å². The van der Waals surface area contributed by atoms with E-state index in [1.165, 1.54) is 16.2 Å². The molecule has 2 aromatic heterocycles. The summed E-state index contributed by atoms with van der Waals surface area (Å²) in [7, 11) is 1.58. The normalized spacial score (nSPS) is 27.7. The summed E-state index contributed by atoms with van der Waals surface area (Å²) in [4.78, 5) is 66.0. The lowest BCUT2D eigenvalue weighted by Gasteiger charge is -2.30. The van der Waals surface area contributed by atoms with E-state index in [2.05, 4.69) is 16.0 Å². The number of hydrogen-bond donors (Lipinski definition) is 4. The number of fused-ring (bicyclic) bond motifs is 3. The van der Waals surface area contributed by atoms with Crippen LogP contribution in [0.4, 0.5) is 9.93 Å². The fourth-order valence-electron chi connectivity index (χ4n) is 8.19. The number of pyridine rings is 1. The number of amides is 3. The number of anilines is 1. The molecule has 14 nitrogen and oxygen atoms in total. The molecule has 3 aromatic rings. The van der Waals surface area contributed by atoms with Crippen LogP contribution in [0.2, 0.25) is 0 Å². The smallest absolute Gasteiger partial charge is 0.408 e. The Morgan fingerprint density at radius 1 is 1.04 bits per heavy atom. The number of carboxylic acids is 1. The third-order valence-electron chi connectivity index (χ3n) is 11.2. The summed E-state index contributed by atoms with van der Waals surface area (Å²) in [6.45, 7) is 5.92. The van der Waals surface area contributed by atoms with Gasteiger partial charge in [-0.15, -0.1) is 11.3 Å². The molecule has 4 heterocycles. The lowest BCUT2D eigenvalue weighted by Crippen LogP contribution is -2.56. The van der Waals surface area contributed by atoms with E-state index < -0.39 is 47.1 Å². The molecule has 15 heteroatoms. The number of ether oxygens (including phenoxy) is 3. The summed E-state index contributed by atoms with van der Waals surface area (Å²) in [6, 6.07) is 5.46. The zero-order valence-electron chi connectivity index (χ0n) is 32.5. The van der Waals surface area contributed by atoms with E-state index in [0.29, 0.717) is 46.6 Å². The van der Waals surface area contributed by atoms with Gasteiger partial charge in [-0.25, -0.2) is 19.6 Å². The molecule has 2 aliphatic carbocycles. The summed E-state index contributed by atoms with van der Waals surface area (Å²) < 4.78 is 18.1. The van der Waals surface area contributed by atoms with Crippen molar-refractivity contribution in [2.75, 3.05) is 19.0 Å². The van der Waals surface area contributed by atoms with Gasteiger partial charge >= 0.3 is 12.1 Å². The molecule has 1 aromatic carbocycles. The Labute approximate surface area is 330 Å². The van der Waals surface area contributed by atoms with Gasteiger partial charge in [0.25, 0.3) is 0 Å². The number of hydrogen-bond acceptors (Lipinski definition) is 11. The van der Waals surface area contributed by atoms with Crippen molar-refractivity contribution in [1.82, 2.24) is 25.5 Å². The molecule has 300 valence electrons. The van der Waals surface area contributed by atoms with Crippen molar-refractivity contribution in [1.29, 1.82) is 0 Å². The van der Waals surface area contributed by atoms with Crippen molar-refractivity contribution in [3.05, 3.63) is 41.8 Å².